The number of nitro groups is 1. The van der Waals surface area contributed by atoms with E-state index in [1.165, 1.54) is 19.2 Å². The molecule has 2 N–H and O–H groups in total. The number of benzene rings is 3. The minimum Gasteiger partial charge on any atom is -0.465 e. The summed E-state index contributed by atoms with van der Waals surface area (Å²) < 4.78 is 4.60. The van der Waals surface area contributed by atoms with Gasteiger partial charge < -0.3 is 14.8 Å². The number of non-ortho nitro benzene ring substituents is 1. The number of carbonyl (C=O) groups excluding carboxylic acids is 1. The number of hydrogen-bond acceptors (Lipinski definition) is 6. The second kappa shape index (κ2) is 10.0. The molecular formula is C20H18BNO6. The molecule has 0 unspecified atom stereocenters. The minimum atomic E-state index is -1.34. The lowest BCUT2D eigenvalue weighted by molar-refractivity contribution is -0.384. The molecule has 0 fully saturated rings. The summed E-state index contributed by atoms with van der Waals surface area (Å²) in [6, 6.07) is 22.0. The number of nitro benzene ring substituents is 1. The molecule has 0 aliphatic heterocycles. The zero-order valence-corrected chi connectivity index (χ0v) is 15.1. The monoisotopic (exact) mass is 379 g/mol. The Hall–Kier alpha value is -3.49. The lowest BCUT2D eigenvalue weighted by Gasteiger charge is -2.05. The van der Waals surface area contributed by atoms with E-state index in [1.54, 1.807) is 30.3 Å². The third-order valence-corrected chi connectivity index (χ3v) is 3.75. The SMILES string of the molecule is COC(=O)c1cc(-c2ccccc2)cc([N+](=O)[O-])c1.OB(O)c1ccccc1. The van der Waals surface area contributed by atoms with E-state index in [4.69, 9.17) is 10.0 Å². The summed E-state index contributed by atoms with van der Waals surface area (Å²) in [5.74, 6) is -0.596. The van der Waals surface area contributed by atoms with Crippen LogP contribution in [0.4, 0.5) is 5.69 Å². The Morgan fingerprint density at radius 3 is 1.96 bits per heavy atom. The van der Waals surface area contributed by atoms with Gasteiger partial charge in [-0.25, -0.2) is 4.79 Å². The minimum absolute atomic E-state index is 0.137. The highest BCUT2D eigenvalue weighted by Crippen LogP contribution is 2.26. The lowest BCUT2D eigenvalue weighted by Crippen LogP contribution is -2.29. The zero-order valence-electron chi connectivity index (χ0n) is 15.1. The molecular weight excluding hydrogens is 361 g/mol. The number of rotatable bonds is 4. The maximum atomic E-state index is 11.5. The van der Waals surface area contributed by atoms with Gasteiger partial charge in [0, 0.05) is 12.1 Å². The number of nitrogens with zero attached hydrogens (tertiary/aromatic N) is 1. The van der Waals surface area contributed by atoms with Crippen LogP contribution in [0.1, 0.15) is 10.4 Å². The number of hydrogen-bond donors (Lipinski definition) is 2. The topological polar surface area (TPSA) is 110 Å². The average molecular weight is 379 g/mol. The highest BCUT2D eigenvalue weighted by molar-refractivity contribution is 6.58. The summed E-state index contributed by atoms with van der Waals surface area (Å²) in [4.78, 5) is 21.9. The van der Waals surface area contributed by atoms with Gasteiger partial charge in [0.1, 0.15) is 0 Å². The van der Waals surface area contributed by atoms with Crippen molar-refractivity contribution in [2.24, 2.45) is 0 Å². The molecule has 142 valence electrons. The number of esters is 1. The normalized spacial score (nSPS) is 9.68. The Morgan fingerprint density at radius 2 is 1.50 bits per heavy atom. The highest BCUT2D eigenvalue weighted by atomic mass is 16.6. The molecule has 3 rings (SSSR count). The summed E-state index contributed by atoms with van der Waals surface area (Å²) in [5.41, 5.74) is 1.96. The lowest BCUT2D eigenvalue weighted by atomic mass is 9.81. The summed E-state index contributed by atoms with van der Waals surface area (Å²) in [7, 11) is -0.102. The van der Waals surface area contributed by atoms with Crippen molar-refractivity contribution in [2.75, 3.05) is 7.11 Å². The van der Waals surface area contributed by atoms with Crippen LogP contribution < -0.4 is 5.46 Å². The quantitative estimate of drug-likeness (QED) is 0.312. The molecule has 0 spiro atoms. The molecule has 0 bridgehead atoms. The first kappa shape index (κ1) is 20.8. The van der Waals surface area contributed by atoms with Gasteiger partial charge in [-0.1, -0.05) is 60.7 Å². The van der Waals surface area contributed by atoms with Crippen molar-refractivity contribution in [3.8, 4) is 11.1 Å². The fourth-order valence-corrected chi connectivity index (χ4v) is 2.37. The third-order valence-electron chi connectivity index (χ3n) is 3.75. The molecule has 8 heteroatoms. The van der Waals surface area contributed by atoms with E-state index < -0.39 is 18.0 Å². The summed E-state index contributed by atoms with van der Waals surface area (Å²) >= 11 is 0. The van der Waals surface area contributed by atoms with Crippen LogP contribution in [0.15, 0.2) is 78.9 Å². The molecule has 0 aliphatic carbocycles. The molecule has 0 aliphatic rings. The van der Waals surface area contributed by atoms with Crippen molar-refractivity contribution in [2.45, 2.75) is 0 Å². The molecule has 0 saturated heterocycles. The van der Waals surface area contributed by atoms with Crippen LogP contribution in [0, 0.1) is 10.1 Å². The predicted octanol–water partition coefficient (Wildman–Crippen LogP) is 2.41. The van der Waals surface area contributed by atoms with E-state index in [-0.39, 0.29) is 11.3 Å². The van der Waals surface area contributed by atoms with Gasteiger partial charge >= 0.3 is 13.1 Å². The van der Waals surface area contributed by atoms with E-state index in [0.29, 0.717) is 11.0 Å². The Morgan fingerprint density at radius 1 is 0.929 bits per heavy atom. The average Bonchev–Trinajstić information content (AvgIpc) is 2.74. The van der Waals surface area contributed by atoms with Crippen molar-refractivity contribution in [1.29, 1.82) is 0 Å². The fourth-order valence-electron chi connectivity index (χ4n) is 2.37. The second-order valence-electron chi connectivity index (χ2n) is 5.67. The van der Waals surface area contributed by atoms with Gasteiger partial charge in [-0.3, -0.25) is 10.1 Å². The van der Waals surface area contributed by atoms with Crippen molar-refractivity contribution < 1.29 is 24.5 Å². The molecule has 0 radical (unpaired) electrons. The Balaban J connectivity index is 0.000000261. The molecule has 3 aromatic carbocycles. The van der Waals surface area contributed by atoms with E-state index in [1.807, 2.05) is 36.4 Å². The Labute approximate surface area is 162 Å². The standard InChI is InChI=1S/C14H11NO4.C6H7BO2/c1-19-14(16)12-7-11(8-13(9-12)15(17)18)10-5-3-2-4-6-10;8-7(9)6-4-2-1-3-5-6/h2-9H,1H3;1-5,8-9H. The van der Waals surface area contributed by atoms with Crippen LogP contribution in [0.5, 0.6) is 0 Å². The van der Waals surface area contributed by atoms with Crippen LogP contribution in [0.25, 0.3) is 11.1 Å². The first-order chi connectivity index (χ1) is 13.4. The maximum absolute atomic E-state index is 11.5. The van der Waals surface area contributed by atoms with Crippen LogP contribution in [-0.2, 0) is 4.74 Å². The molecule has 28 heavy (non-hydrogen) atoms. The highest BCUT2D eigenvalue weighted by Gasteiger charge is 2.15. The largest absolute Gasteiger partial charge is 0.488 e. The van der Waals surface area contributed by atoms with Gasteiger partial charge in [-0.2, -0.15) is 0 Å². The van der Waals surface area contributed by atoms with E-state index in [0.717, 1.165) is 5.56 Å². The van der Waals surface area contributed by atoms with Crippen LogP contribution in [0.2, 0.25) is 0 Å². The van der Waals surface area contributed by atoms with E-state index in [2.05, 4.69) is 4.74 Å². The van der Waals surface area contributed by atoms with Crippen LogP contribution in [0.3, 0.4) is 0 Å². The van der Waals surface area contributed by atoms with Gasteiger partial charge in [0.2, 0.25) is 0 Å². The van der Waals surface area contributed by atoms with Crippen molar-refractivity contribution >= 4 is 24.2 Å². The smallest absolute Gasteiger partial charge is 0.465 e. The van der Waals surface area contributed by atoms with Crippen molar-refractivity contribution in [1.82, 2.24) is 0 Å². The van der Waals surface area contributed by atoms with Gasteiger partial charge in [-0.05, 0) is 22.7 Å². The van der Waals surface area contributed by atoms with Crippen LogP contribution >= 0.6 is 0 Å². The molecule has 0 atom stereocenters. The first-order valence-electron chi connectivity index (χ1n) is 8.26. The Bertz CT molecular complexity index is 932. The molecule has 0 aromatic heterocycles. The molecule has 0 amide bonds. The van der Waals surface area contributed by atoms with Gasteiger partial charge in [0.15, 0.2) is 0 Å². The summed E-state index contributed by atoms with van der Waals surface area (Å²) in [5, 5.41) is 28.1. The van der Waals surface area contributed by atoms with E-state index >= 15 is 0 Å². The predicted molar refractivity (Wildman–Crippen MR) is 106 cm³/mol. The van der Waals surface area contributed by atoms with E-state index in [9.17, 15) is 14.9 Å². The second-order valence-corrected chi connectivity index (χ2v) is 5.67. The summed E-state index contributed by atoms with van der Waals surface area (Å²) in [6.45, 7) is 0. The number of carbonyl (C=O) groups is 1. The van der Waals surface area contributed by atoms with Crippen molar-refractivity contribution in [3.05, 3.63) is 94.5 Å². The Kier molecular flexibility index (Phi) is 7.44. The molecule has 0 heterocycles. The van der Waals surface area contributed by atoms with Crippen molar-refractivity contribution in [3.63, 3.8) is 0 Å². The molecule has 7 nitrogen and oxygen atoms in total. The van der Waals surface area contributed by atoms with Crippen LogP contribution in [-0.4, -0.2) is 35.2 Å². The summed E-state index contributed by atoms with van der Waals surface area (Å²) in [6.07, 6.45) is 0. The maximum Gasteiger partial charge on any atom is 0.488 e. The first-order valence-corrected chi connectivity index (χ1v) is 8.26. The number of ether oxygens (including phenoxy) is 1. The third kappa shape index (κ3) is 5.77. The molecule has 3 aromatic rings. The molecule has 0 saturated carbocycles. The van der Waals surface area contributed by atoms with Gasteiger partial charge in [-0.15, -0.1) is 0 Å². The fraction of sp³-hybridized carbons (Fsp3) is 0.0500. The van der Waals surface area contributed by atoms with Gasteiger partial charge in [0.05, 0.1) is 17.6 Å². The van der Waals surface area contributed by atoms with Gasteiger partial charge in [0.25, 0.3) is 5.69 Å². The number of methoxy groups -OCH3 is 1. The zero-order chi connectivity index (χ0) is 20.5.